The Morgan fingerprint density at radius 3 is 3.22 bits per heavy atom. The highest BCUT2D eigenvalue weighted by Gasteiger charge is 2.00. The Balaban J connectivity index is 2.55. The molecule has 0 spiro atoms. The number of rotatable bonds is 0. The van der Waals surface area contributed by atoms with Crippen LogP contribution in [-0.2, 0) is 0 Å². The molecule has 0 bridgehead atoms. The third-order valence-electron chi connectivity index (χ3n) is 1.66. The van der Waals surface area contributed by atoms with E-state index in [4.69, 9.17) is 0 Å². The van der Waals surface area contributed by atoms with Crippen LogP contribution < -0.4 is 0 Å². The number of nitrogens with zero attached hydrogens (tertiary/aromatic N) is 1. The maximum absolute atomic E-state index is 4.27. The van der Waals surface area contributed by atoms with Crippen LogP contribution in [0.25, 0.3) is 0 Å². The second-order valence-electron chi connectivity index (χ2n) is 2.70. The summed E-state index contributed by atoms with van der Waals surface area (Å²) in [5.41, 5.74) is 1.45. The fourth-order valence-corrected chi connectivity index (χ4v) is 0.912. The lowest BCUT2D eigenvalue weighted by atomic mass is 10.1. The minimum Gasteiger partial charge on any atom is -0.290 e. The lowest BCUT2D eigenvalue weighted by molar-refractivity contribution is 0.674. The molecule has 0 aromatic rings. The molecule has 1 unspecified atom stereocenters. The zero-order valence-electron chi connectivity index (χ0n) is 6.09. The van der Waals surface area contributed by atoms with Gasteiger partial charge in [-0.2, -0.15) is 0 Å². The minimum atomic E-state index is 0.527. The van der Waals surface area contributed by atoms with Gasteiger partial charge >= 0.3 is 0 Å². The first-order valence-electron chi connectivity index (χ1n) is 3.48. The van der Waals surface area contributed by atoms with Gasteiger partial charge in [-0.05, 0) is 32.8 Å². The van der Waals surface area contributed by atoms with Gasteiger partial charge in [0.2, 0.25) is 0 Å². The van der Waals surface area contributed by atoms with Crippen LogP contribution >= 0.6 is 0 Å². The topological polar surface area (TPSA) is 12.4 Å². The monoisotopic (exact) mass is 123 g/mol. The average molecular weight is 123 g/mol. The van der Waals surface area contributed by atoms with Gasteiger partial charge in [0.1, 0.15) is 0 Å². The molecular formula is C8H13N. The van der Waals surface area contributed by atoms with Gasteiger partial charge < -0.3 is 0 Å². The molecule has 0 amide bonds. The normalized spacial score (nSPS) is 27.3. The van der Waals surface area contributed by atoms with Gasteiger partial charge in [-0.3, -0.25) is 4.99 Å². The summed E-state index contributed by atoms with van der Waals surface area (Å²) in [5, 5.41) is 0. The number of allylic oxidation sites excluding steroid dienone is 2. The van der Waals surface area contributed by atoms with Crippen LogP contribution in [0, 0.1) is 0 Å². The van der Waals surface area contributed by atoms with Crippen LogP contribution in [0.4, 0.5) is 0 Å². The predicted molar refractivity (Wildman–Crippen MR) is 40.9 cm³/mol. The Morgan fingerprint density at radius 1 is 1.67 bits per heavy atom. The van der Waals surface area contributed by atoms with E-state index in [1.54, 1.807) is 0 Å². The molecule has 50 valence electrons. The summed E-state index contributed by atoms with van der Waals surface area (Å²) in [5.74, 6) is 0. The first-order valence-corrected chi connectivity index (χ1v) is 3.48. The molecule has 9 heavy (non-hydrogen) atoms. The third-order valence-corrected chi connectivity index (χ3v) is 1.66. The zero-order valence-corrected chi connectivity index (χ0v) is 6.09. The molecule has 0 radical (unpaired) electrons. The van der Waals surface area contributed by atoms with Crippen LogP contribution in [0.5, 0.6) is 0 Å². The molecular weight excluding hydrogens is 110 g/mol. The van der Waals surface area contributed by atoms with Gasteiger partial charge in [-0.25, -0.2) is 0 Å². The summed E-state index contributed by atoms with van der Waals surface area (Å²) in [6, 6.07) is 0.527. The van der Waals surface area contributed by atoms with Gasteiger partial charge in [-0.1, -0.05) is 5.57 Å². The second kappa shape index (κ2) is 2.81. The van der Waals surface area contributed by atoms with E-state index in [-0.39, 0.29) is 0 Å². The molecule has 1 heteroatoms. The van der Waals surface area contributed by atoms with E-state index in [1.807, 2.05) is 6.21 Å². The van der Waals surface area contributed by atoms with Gasteiger partial charge in [0.15, 0.2) is 0 Å². The van der Waals surface area contributed by atoms with E-state index in [1.165, 1.54) is 18.4 Å². The summed E-state index contributed by atoms with van der Waals surface area (Å²) in [6.45, 7) is 4.31. The van der Waals surface area contributed by atoms with E-state index in [0.717, 1.165) is 0 Å². The predicted octanol–water partition coefficient (Wildman–Crippen LogP) is 2.19. The lowest BCUT2D eigenvalue weighted by Gasteiger charge is -2.00. The summed E-state index contributed by atoms with van der Waals surface area (Å²) >= 11 is 0. The van der Waals surface area contributed by atoms with E-state index in [9.17, 15) is 0 Å². The Labute approximate surface area is 56.5 Å². The Hall–Kier alpha value is -0.590. The fourth-order valence-electron chi connectivity index (χ4n) is 0.912. The highest BCUT2D eigenvalue weighted by atomic mass is 14.7. The molecule has 0 saturated heterocycles. The SMILES string of the molecule is CC1=CC=NC(C)CC1. The van der Waals surface area contributed by atoms with Gasteiger partial charge in [0.25, 0.3) is 0 Å². The number of hydrogen-bond acceptors (Lipinski definition) is 1. The van der Waals surface area contributed by atoms with Crippen molar-refractivity contribution in [2.75, 3.05) is 0 Å². The summed E-state index contributed by atoms with van der Waals surface area (Å²) in [6.07, 6.45) is 6.44. The highest BCUT2D eigenvalue weighted by molar-refractivity contribution is 5.72. The van der Waals surface area contributed by atoms with Crippen molar-refractivity contribution in [3.8, 4) is 0 Å². The highest BCUT2D eigenvalue weighted by Crippen LogP contribution is 2.10. The molecule has 0 saturated carbocycles. The molecule has 1 nitrogen and oxygen atoms in total. The van der Waals surface area contributed by atoms with E-state index < -0.39 is 0 Å². The summed E-state index contributed by atoms with van der Waals surface area (Å²) in [7, 11) is 0. The molecule has 1 atom stereocenters. The Morgan fingerprint density at radius 2 is 2.44 bits per heavy atom. The van der Waals surface area contributed by atoms with Crippen LogP contribution in [0.15, 0.2) is 16.6 Å². The van der Waals surface area contributed by atoms with Crippen molar-refractivity contribution in [1.29, 1.82) is 0 Å². The largest absolute Gasteiger partial charge is 0.290 e. The second-order valence-corrected chi connectivity index (χ2v) is 2.70. The number of hydrogen-bond donors (Lipinski definition) is 0. The lowest BCUT2D eigenvalue weighted by Crippen LogP contribution is -1.94. The quantitative estimate of drug-likeness (QED) is 0.468. The van der Waals surface area contributed by atoms with Crippen LogP contribution in [0.1, 0.15) is 26.7 Å². The maximum atomic E-state index is 4.27. The Bertz CT molecular complexity index is 145. The van der Waals surface area contributed by atoms with E-state index in [0.29, 0.717) is 6.04 Å². The van der Waals surface area contributed by atoms with Crippen LogP contribution in [-0.4, -0.2) is 12.3 Å². The molecule has 0 aromatic heterocycles. The number of aliphatic imine (C=N–C) groups is 1. The first-order chi connectivity index (χ1) is 4.29. The molecule has 1 aliphatic rings. The zero-order chi connectivity index (χ0) is 6.69. The standard InChI is InChI=1S/C8H13N/c1-7-3-4-8(2)9-6-5-7/h5-6,8H,3-4H2,1-2H3. The van der Waals surface area contributed by atoms with Crippen molar-refractivity contribution in [3.63, 3.8) is 0 Å². The maximum Gasteiger partial charge on any atom is 0.0474 e. The molecule has 0 fully saturated rings. The first kappa shape index (κ1) is 6.53. The summed E-state index contributed by atoms with van der Waals surface area (Å²) < 4.78 is 0. The van der Waals surface area contributed by atoms with Crippen molar-refractivity contribution in [2.24, 2.45) is 4.99 Å². The van der Waals surface area contributed by atoms with E-state index >= 15 is 0 Å². The third kappa shape index (κ3) is 2.00. The smallest absolute Gasteiger partial charge is 0.0474 e. The molecule has 1 heterocycles. The van der Waals surface area contributed by atoms with Crippen molar-refractivity contribution in [2.45, 2.75) is 32.7 Å². The molecule has 1 aliphatic heterocycles. The minimum absolute atomic E-state index is 0.527. The summed E-state index contributed by atoms with van der Waals surface area (Å²) in [4.78, 5) is 4.27. The average Bonchev–Trinajstić information content (AvgIpc) is 1.97. The molecule has 0 N–H and O–H groups in total. The van der Waals surface area contributed by atoms with E-state index in [2.05, 4.69) is 24.9 Å². The van der Waals surface area contributed by atoms with Gasteiger partial charge in [0.05, 0.1) is 0 Å². The Kier molecular flexibility index (Phi) is 2.04. The van der Waals surface area contributed by atoms with Crippen molar-refractivity contribution < 1.29 is 0 Å². The van der Waals surface area contributed by atoms with Crippen molar-refractivity contribution in [1.82, 2.24) is 0 Å². The van der Waals surface area contributed by atoms with Gasteiger partial charge in [-0.15, -0.1) is 0 Å². The van der Waals surface area contributed by atoms with Crippen LogP contribution in [0.3, 0.4) is 0 Å². The van der Waals surface area contributed by atoms with Crippen molar-refractivity contribution in [3.05, 3.63) is 11.6 Å². The van der Waals surface area contributed by atoms with Crippen molar-refractivity contribution >= 4 is 6.21 Å². The van der Waals surface area contributed by atoms with Gasteiger partial charge in [0, 0.05) is 12.3 Å². The molecule has 0 aliphatic carbocycles. The molecule has 0 aromatic carbocycles. The van der Waals surface area contributed by atoms with Crippen LogP contribution in [0.2, 0.25) is 0 Å². The molecule has 1 rings (SSSR count). The fraction of sp³-hybridized carbons (Fsp3) is 0.625.